The maximum absolute atomic E-state index is 11.8. The first-order valence-corrected chi connectivity index (χ1v) is 6.63. The normalized spacial score (nSPS) is 10.7. The molecule has 0 saturated heterocycles. The van der Waals surface area contributed by atoms with E-state index in [1.807, 2.05) is 35.8 Å². The largest absolute Gasteiger partial charge is 0.351 e. The molecule has 1 heterocycles. The van der Waals surface area contributed by atoms with Crippen LogP contribution < -0.4 is 5.73 Å². The lowest BCUT2D eigenvalue weighted by Crippen LogP contribution is -2.42. The van der Waals surface area contributed by atoms with Crippen LogP contribution in [-0.2, 0) is 11.3 Å². The number of imidazole rings is 1. The van der Waals surface area contributed by atoms with Gasteiger partial charge in [-0.2, -0.15) is 0 Å². The van der Waals surface area contributed by atoms with Gasteiger partial charge in [0.2, 0.25) is 5.91 Å². The van der Waals surface area contributed by atoms with Gasteiger partial charge in [-0.05, 0) is 18.6 Å². The Morgan fingerprint density at radius 1 is 1.35 bits per heavy atom. The van der Waals surface area contributed by atoms with E-state index in [2.05, 4.69) is 4.98 Å². The SMILES string of the molecule is CCCC(=O)N(CCn1cnc2ccccc21)C(N)=O. The first-order valence-electron chi connectivity index (χ1n) is 6.63. The third kappa shape index (κ3) is 2.96. The minimum absolute atomic E-state index is 0.232. The van der Waals surface area contributed by atoms with Gasteiger partial charge in [-0.3, -0.25) is 9.69 Å². The van der Waals surface area contributed by atoms with Crippen LogP contribution in [0.25, 0.3) is 11.0 Å². The van der Waals surface area contributed by atoms with E-state index in [9.17, 15) is 9.59 Å². The summed E-state index contributed by atoms with van der Waals surface area (Å²) in [7, 11) is 0. The van der Waals surface area contributed by atoms with Gasteiger partial charge in [0.15, 0.2) is 0 Å². The van der Waals surface area contributed by atoms with Crippen LogP contribution >= 0.6 is 0 Å². The second-order valence-corrected chi connectivity index (χ2v) is 4.56. The van der Waals surface area contributed by atoms with Crippen molar-refractivity contribution in [3.05, 3.63) is 30.6 Å². The predicted octanol–water partition coefficient (Wildman–Crippen LogP) is 1.74. The van der Waals surface area contributed by atoms with Gasteiger partial charge in [-0.1, -0.05) is 19.1 Å². The highest BCUT2D eigenvalue weighted by Gasteiger charge is 2.17. The molecule has 0 aliphatic carbocycles. The van der Waals surface area contributed by atoms with Crippen molar-refractivity contribution in [2.24, 2.45) is 5.73 Å². The quantitative estimate of drug-likeness (QED) is 0.901. The Morgan fingerprint density at radius 2 is 2.10 bits per heavy atom. The van der Waals surface area contributed by atoms with Crippen molar-refractivity contribution in [1.82, 2.24) is 14.5 Å². The molecule has 20 heavy (non-hydrogen) atoms. The molecule has 1 aromatic carbocycles. The molecule has 2 aromatic rings. The van der Waals surface area contributed by atoms with Gasteiger partial charge in [0, 0.05) is 19.5 Å². The van der Waals surface area contributed by atoms with Crippen LogP contribution in [-0.4, -0.2) is 32.9 Å². The molecule has 2 rings (SSSR count). The summed E-state index contributed by atoms with van der Waals surface area (Å²) >= 11 is 0. The Labute approximate surface area is 117 Å². The van der Waals surface area contributed by atoms with Gasteiger partial charge >= 0.3 is 6.03 Å². The first-order chi connectivity index (χ1) is 9.63. The van der Waals surface area contributed by atoms with Crippen LogP contribution in [0.5, 0.6) is 0 Å². The molecule has 0 saturated carbocycles. The van der Waals surface area contributed by atoms with Gasteiger partial charge in [-0.25, -0.2) is 9.78 Å². The van der Waals surface area contributed by atoms with Gasteiger partial charge in [0.25, 0.3) is 0 Å². The lowest BCUT2D eigenvalue weighted by Gasteiger charge is -2.18. The molecule has 0 fully saturated rings. The van der Waals surface area contributed by atoms with E-state index in [0.29, 0.717) is 19.4 Å². The lowest BCUT2D eigenvalue weighted by atomic mass is 10.3. The molecular formula is C14H18N4O2. The zero-order valence-electron chi connectivity index (χ0n) is 11.5. The van der Waals surface area contributed by atoms with E-state index in [4.69, 9.17) is 5.73 Å². The second kappa shape index (κ2) is 6.18. The fourth-order valence-corrected chi connectivity index (χ4v) is 2.10. The number of primary amides is 1. The van der Waals surface area contributed by atoms with Crippen LogP contribution in [0.1, 0.15) is 19.8 Å². The number of imide groups is 1. The van der Waals surface area contributed by atoms with Crippen LogP contribution in [0, 0.1) is 0 Å². The summed E-state index contributed by atoms with van der Waals surface area (Å²) in [5.74, 6) is -0.232. The summed E-state index contributed by atoms with van der Waals surface area (Å²) in [5.41, 5.74) is 7.12. The number of benzene rings is 1. The molecule has 1 aromatic heterocycles. The minimum atomic E-state index is -0.701. The Balaban J connectivity index is 2.09. The maximum Gasteiger partial charge on any atom is 0.321 e. The molecule has 0 aliphatic heterocycles. The summed E-state index contributed by atoms with van der Waals surface area (Å²) in [4.78, 5) is 28.5. The highest BCUT2D eigenvalue weighted by atomic mass is 16.2. The van der Waals surface area contributed by atoms with Crippen molar-refractivity contribution in [3.8, 4) is 0 Å². The highest BCUT2D eigenvalue weighted by Crippen LogP contribution is 2.11. The summed E-state index contributed by atoms with van der Waals surface area (Å²) in [6, 6.07) is 7.01. The molecule has 0 spiro atoms. The molecule has 3 amide bonds. The highest BCUT2D eigenvalue weighted by molar-refractivity contribution is 5.93. The molecular weight excluding hydrogens is 256 g/mol. The van der Waals surface area contributed by atoms with E-state index < -0.39 is 6.03 Å². The number of fused-ring (bicyclic) bond motifs is 1. The number of nitrogens with zero attached hydrogens (tertiary/aromatic N) is 3. The molecule has 0 atom stereocenters. The zero-order chi connectivity index (χ0) is 14.5. The maximum atomic E-state index is 11.8. The first kappa shape index (κ1) is 14.0. The van der Waals surface area contributed by atoms with Crippen LogP contribution in [0.15, 0.2) is 30.6 Å². The fraction of sp³-hybridized carbons (Fsp3) is 0.357. The Kier molecular flexibility index (Phi) is 4.34. The van der Waals surface area contributed by atoms with Crippen molar-refractivity contribution in [2.75, 3.05) is 6.54 Å². The number of rotatable bonds is 5. The van der Waals surface area contributed by atoms with Gasteiger partial charge in [0.05, 0.1) is 17.4 Å². The number of nitrogens with two attached hydrogens (primary N) is 1. The number of carbonyl (C=O) groups excluding carboxylic acids is 2. The lowest BCUT2D eigenvalue weighted by molar-refractivity contribution is -0.128. The summed E-state index contributed by atoms with van der Waals surface area (Å²) in [6.45, 7) is 2.63. The van der Waals surface area contributed by atoms with Crippen molar-refractivity contribution in [3.63, 3.8) is 0 Å². The molecule has 0 radical (unpaired) electrons. The Hall–Kier alpha value is -2.37. The molecule has 2 N–H and O–H groups in total. The van der Waals surface area contributed by atoms with Crippen molar-refractivity contribution < 1.29 is 9.59 Å². The van der Waals surface area contributed by atoms with E-state index >= 15 is 0 Å². The number of aromatic nitrogens is 2. The second-order valence-electron chi connectivity index (χ2n) is 4.56. The van der Waals surface area contributed by atoms with Crippen molar-refractivity contribution in [1.29, 1.82) is 0 Å². The Morgan fingerprint density at radius 3 is 2.80 bits per heavy atom. The number of para-hydroxylation sites is 2. The number of hydrogen-bond donors (Lipinski definition) is 1. The zero-order valence-corrected chi connectivity index (χ0v) is 11.5. The van der Waals surface area contributed by atoms with Crippen molar-refractivity contribution in [2.45, 2.75) is 26.3 Å². The third-order valence-corrected chi connectivity index (χ3v) is 3.12. The van der Waals surface area contributed by atoms with Crippen LogP contribution in [0.2, 0.25) is 0 Å². The standard InChI is InChI=1S/C14H18N4O2/c1-2-5-13(19)18(14(15)20)9-8-17-10-16-11-6-3-4-7-12(11)17/h3-4,6-7,10H,2,5,8-9H2,1H3,(H2,15,20). The Bertz CT molecular complexity index is 620. The van der Waals surface area contributed by atoms with Gasteiger partial charge in [-0.15, -0.1) is 0 Å². The monoisotopic (exact) mass is 274 g/mol. The van der Waals surface area contributed by atoms with E-state index in [0.717, 1.165) is 15.9 Å². The molecule has 0 bridgehead atoms. The smallest absolute Gasteiger partial charge is 0.321 e. The average molecular weight is 274 g/mol. The molecule has 6 heteroatoms. The van der Waals surface area contributed by atoms with Crippen LogP contribution in [0.4, 0.5) is 4.79 Å². The van der Waals surface area contributed by atoms with Gasteiger partial charge in [0.1, 0.15) is 0 Å². The predicted molar refractivity (Wildman–Crippen MR) is 75.9 cm³/mol. The molecule has 6 nitrogen and oxygen atoms in total. The van der Waals surface area contributed by atoms with Crippen LogP contribution in [0.3, 0.4) is 0 Å². The summed E-state index contributed by atoms with van der Waals surface area (Å²) in [5, 5.41) is 0. The molecule has 0 unspecified atom stereocenters. The fourth-order valence-electron chi connectivity index (χ4n) is 2.10. The summed E-state index contributed by atoms with van der Waals surface area (Å²) < 4.78 is 1.91. The number of hydrogen-bond acceptors (Lipinski definition) is 3. The molecule has 106 valence electrons. The van der Waals surface area contributed by atoms with E-state index in [1.165, 1.54) is 0 Å². The minimum Gasteiger partial charge on any atom is -0.351 e. The summed E-state index contributed by atoms with van der Waals surface area (Å²) in [6.07, 6.45) is 2.72. The number of urea groups is 1. The molecule has 0 aliphatic rings. The van der Waals surface area contributed by atoms with Gasteiger partial charge < -0.3 is 10.3 Å². The third-order valence-electron chi connectivity index (χ3n) is 3.12. The average Bonchev–Trinajstić information content (AvgIpc) is 2.82. The number of carbonyl (C=O) groups is 2. The number of amides is 3. The van der Waals surface area contributed by atoms with Crippen molar-refractivity contribution >= 4 is 23.0 Å². The topological polar surface area (TPSA) is 81.2 Å². The van der Waals surface area contributed by atoms with E-state index in [1.54, 1.807) is 6.33 Å². The van der Waals surface area contributed by atoms with E-state index in [-0.39, 0.29) is 12.5 Å².